The fourth-order valence-corrected chi connectivity index (χ4v) is 1.88. The zero-order valence-electron chi connectivity index (χ0n) is 10.4. The van der Waals surface area contributed by atoms with Crippen molar-refractivity contribution in [3.8, 4) is 0 Å². The van der Waals surface area contributed by atoms with E-state index in [9.17, 15) is 9.59 Å². The van der Waals surface area contributed by atoms with Crippen LogP contribution in [0.15, 0.2) is 18.2 Å². The maximum absolute atomic E-state index is 11.8. The van der Waals surface area contributed by atoms with Crippen molar-refractivity contribution in [3.05, 3.63) is 28.8 Å². The average molecular weight is 270 g/mol. The minimum atomic E-state index is -1.16. The molecule has 18 heavy (non-hydrogen) atoms. The van der Waals surface area contributed by atoms with Crippen LogP contribution in [0.4, 0.5) is 10.5 Å². The fraction of sp³-hybridized carbons (Fsp3) is 0.385. The van der Waals surface area contributed by atoms with Crippen LogP contribution in [0.3, 0.4) is 0 Å². The first-order valence-corrected chi connectivity index (χ1v) is 6.06. The molecular formula is C13H16ClNO3. The van der Waals surface area contributed by atoms with Crippen LogP contribution in [0.2, 0.25) is 5.02 Å². The molecule has 5 heteroatoms. The van der Waals surface area contributed by atoms with Gasteiger partial charge in [-0.25, -0.2) is 4.79 Å². The second-order valence-corrected chi connectivity index (χ2v) is 4.98. The smallest absolute Gasteiger partial charge is 0.409 e. The third-order valence-corrected chi connectivity index (χ3v) is 2.57. The Morgan fingerprint density at radius 2 is 2.06 bits per heavy atom. The molecule has 0 aromatic heterocycles. The molecule has 0 atom stereocenters. The standard InChI is InChI=1S/C13H16ClNO3/c1-8(2)5-11(16)7-9-6-10(14)3-4-12(9)15-13(17)18/h3-4,6,8,15H,5,7H2,1-2H3,(H,17,18). The molecule has 98 valence electrons. The fourth-order valence-electron chi connectivity index (χ4n) is 1.69. The number of hydrogen-bond acceptors (Lipinski definition) is 2. The van der Waals surface area contributed by atoms with Gasteiger partial charge < -0.3 is 5.11 Å². The number of rotatable bonds is 5. The number of carbonyl (C=O) groups excluding carboxylic acids is 1. The number of carbonyl (C=O) groups is 2. The Hall–Kier alpha value is -1.55. The van der Waals surface area contributed by atoms with Gasteiger partial charge in [0.1, 0.15) is 5.78 Å². The van der Waals surface area contributed by atoms with Crippen molar-refractivity contribution in [1.29, 1.82) is 0 Å². The van der Waals surface area contributed by atoms with Crippen molar-refractivity contribution in [1.82, 2.24) is 0 Å². The van der Waals surface area contributed by atoms with Gasteiger partial charge in [0.25, 0.3) is 0 Å². The number of nitrogens with one attached hydrogen (secondary N) is 1. The Bertz CT molecular complexity index is 458. The van der Waals surface area contributed by atoms with E-state index in [0.29, 0.717) is 22.7 Å². The van der Waals surface area contributed by atoms with E-state index in [-0.39, 0.29) is 18.1 Å². The first-order chi connectivity index (χ1) is 8.38. The molecule has 0 heterocycles. The number of anilines is 1. The van der Waals surface area contributed by atoms with Crippen LogP contribution in [-0.4, -0.2) is 17.0 Å². The van der Waals surface area contributed by atoms with E-state index >= 15 is 0 Å². The summed E-state index contributed by atoms with van der Waals surface area (Å²) in [5.41, 5.74) is 1.01. The van der Waals surface area contributed by atoms with Crippen molar-refractivity contribution in [2.24, 2.45) is 5.92 Å². The predicted octanol–water partition coefficient (Wildman–Crippen LogP) is 3.59. The Kier molecular flexibility index (Phi) is 5.16. The number of Topliss-reactive ketones (excluding diaryl/α,β-unsaturated/α-hetero) is 1. The van der Waals surface area contributed by atoms with Gasteiger partial charge in [-0.15, -0.1) is 0 Å². The summed E-state index contributed by atoms with van der Waals surface area (Å²) < 4.78 is 0. The van der Waals surface area contributed by atoms with Crippen LogP contribution < -0.4 is 5.32 Å². The summed E-state index contributed by atoms with van der Waals surface area (Å²) >= 11 is 5.86. The third kappa shape index (κ3) is 4.75. The lowest BCUT2D eigenvalue weighted by Crippen LogP contribution is -2.12. The minimum absolute atomic E-state index is 0.0701. The quantitative estimate of drug-likeness (QED) is 0.858. The first kappa shape index (κ1) is 14.5. The summed E-state index contributed by atoms with van der Waals surface area (Å²) in [6.45, 7) is 3.93. The first-order valence-electron chi connectivity index (χ1n) is 5.68. The topological polar surface area (TPSA) is 66.4 Å². The highest BCUT2D eigenvalue weighted by Gasteiger charge is 2.12. The van der Waals surface area contributed by atoms with E-state index in [1.165, 1.54) is 0 Å². The monoisotopic (exact) mass is 269 g/mol. The Morgan fingerprint density at radius 1 is 1.39 bits per heavy atom. The molecule has 0 unspecified atom stereocenters. The maximum atomic E-state index is 11.8. The highest BCUT2D eigenvalue weighted by atomic mass is 35.5. The van der Waals surface area contributed by atoms with Gasteiger partial charge in [0, 0.05) is 23.6 Å². The molecule has 1 rings (SSSR count). The second kappa shape index (κ2) is 6.40. The van der Waals surface area contributed by atoms with Crippen molar-refractivity contribution < 1.29 is 14.7 Å². The van der Waals surface area contributed by atoms with Crippen molar-refractivity contribution >= 4 is 29.2 Å². The zero-order valence-corrected chi connectivity index (χ0v) is 11.1. The van der Waals surface area contributed by atoms with E-state index in [0.717, 1.165) is 0 Å². The van der Waals surface area contributed by atoms with Crippen LogP contribution >= 0.6 is 11.6 Å². The zero-order chi connectivity index (χ0) is 13.7. The lowest BCUT2D eigenvalue weighted by Gasteiger charge is -2.10. The molecule has 0 fully saturated rings. The largest absolute Gasteiger partial charge is 0.465 e. The Morgan fingerprint density at radius 3 is 2.61 bits per heavy atom. The van der Waals surface area contributed by atoms with E-state index < -0.39 is 6.09 Å². The molecular weight excluding hydrogens is 254 g/mol. The molecule has 0 aliphatic carbocycles. The van der Waals surface area contributed by atoms with Gasteiger partial charge in [-0.1, -0.05) is 25.4 Å². The van der Waals surface area contributed by atoms with Crippen LogP contribution in [-0.2, 0) is 11.2 Å². The third-order valence-electron chi connectivity index (χ3n) is 2.33. The second-order valence-electron chi connectivity index (χ2n) is 4.55. The SMILES string of the molecule is CC(C)CC(=O)Cc1cc(Cl)ccc1NC(=O)O. The number of benzene rings is 1. The molecule has 0 spiro atoms. The maximum Gasteiger partial charge on any atom is 0.409 e. The molecule has 1 amide bonds. The molecule has 0 saturated carbocycles. The van der Waals surface area contributed by atoms with Gasteiger partial charge >= 0.3 is 6.09 Å². The van der Waals surface area contributed by atoms with Gasteiger partial charge in [0.2, 0.25) is 0 Å². The molecule has 0 saturated heterocycles. The lowest BCUT2D eigenvalue weighted by molar-refractivity contribution is -0.119. The van der Waals surface area contributed by atoms with Gasteiger partial charge in [0.05, 0.1) is 0 Å². The average Bonchev–Trinajstić information content (AvgIpc) is 2.20. The number of carboxylic acid groups (broad SMARTS) is 1. The number of amides is 1. The van der Waals surface area contributed by atoms with Crippen LogP contribution in [0, 0.1) is 5.92 Å². The summed E-state index contributed by atoms with van der Waals surface area (Å²) in [5, 5.41) is 11.5. The van der Waals surface area contributed by atoms with Gasteiger partial charge in [0.15, 0.2) is 0 Å². The molecule has 4 nitrogen and oxygen atoms in total. The van der Waals surface area contributed by atoms with Gasteiger partial charge in [-0.05, 0) is 29.7 Å². The van der Waals surface area contributed by atoms with Crippen LogP contribution in [0.25, 0.3) is 0 Å². The Balaban J connectivity index is 2.88. The molecule has 0 bridgehead atoms. The minimum Gasteiger partial charge on any atom is -0.465 e. The summed E-state index contributed by atoms with van der Waals surface area (Å²) in [6.07, 6.45) is -0.497. The number of hydrogen-bond donors (Lipinski definition) is 2. The van der Waals surface area contributed by atoms with Gasteiger partial charge in [-0.3, -0.25) is 10.1 Å². The van der Waals surface area contributed by atoms with E-state index in [2.05, 4.69) is 5.32 Å². The van der Waals surface area contributed by atoms with E-state index in [1.54, 1.807) is 18.2 Å². The number of halogens is 1. The van der Waals surface area contributed by atoms with Crippen molar-refractivity contribution in [2.75, 3.05) is 5.32 Å². The predicted molar refractivity (Wildman–Crippen MR) is 71.3 cm³/mol. The molecule has 0 aliphatic heterocycles. The summed E-state index contributed by atoms with van der Waals surface area (Å²) in [5.74, 6) is 0.355. The summed E-state index contributed by atoms with van der Waals surface area (Å²) in [4.78, 5) is 22.4. The van der Waals surface area contributed by atoms with Gasteiger partial charge in [-0.2, -0.15) is 0 Å². The van der Waals surface area contributed by atoms with Crippen LogP contribution in [0.1, 0.15) is 25.8 Å². The summed E-state index contributed by atoms with van der Waals surface area (Å²) in [6, 6.07) is 4.77. The molecule has 0 aliphatic rings. The molecule has 1 aromatic carbocycles. The summed E-state index contributed by atoms with van der Waals surface area (Å²) in [7, 11) is 0. The Labute approximate surface area is 111 Å². The van der Waals surface area contributed by atoms with E-state index in [4.69, 9.17) is 16.7 Å². The molecule has 0 radical (unpaired) electrons. The van der Waals surface area contributed by atoms with Crippen molar-refractivity contribution in [2.45, 2.75) is 26.7 Å². The molecule has 1 aromatic rings. The highest BCUT2D eigenvalue weighted by Crippen LogP contribution is 2.22. The van der Waals surface area contributed by atoms with Crippen molar-refractivity contribution in [3.63, 3.8) is 0 Å². The van der Waals surface area contributed by atoms with Crippen LogP contribution in [0.5, 0.6) is 0 Å². The highest BCUT2D eigenvalue weighted by molar-refractivity contribution is 6.30. The van der Waals surface area contributed by atoms with E-state index in [1.807, 2.05) is 13.8 Å². The molecule has 2 N–H and O–H groups in total. The normalized spacial score (nSPS) is 10.4. The number of ketones is 1. The lowest BCUT2D eigenvalue weighted by atomic mass is 10.00.